The molecule has 1 heterocycles. The summed E-state index contributed by atoms with van der Waals surface area (Å²) in [6.45, 7) is 0.121. The third kappa shape index (κ3) is 7.12. The fraction of sp³-hybridized carbons (Fsp3) is 0.448. The van der Waals surface area contributed by atoms with Crippen molar-refractivity contribution in [2.75, 3.05) is 18.7 Å². The third-order valence-corrected chi connectivity index (χ3v) is 7.31. The number of fused-ring (bicyclic) bond motifs is 1. The molecule has 0 aromatic heterocycles. The average molecular weight is 522 g/mol. The molecule has 3 amide bonds. The van der Waals surface area contributed by atoms with Crippen LogP contribution in [0.1, 0.15) is 50.5 Å². The molecule has 0 bridgehead atoms. The zero-order chi connectivity index (χ0) is 26.9. The van der Waals surface area contributed by atoms with Gasteiger partial charge in [0.1, 0.15) is 6.04 Å². The van der Waals surface area contributed by atoms with Gasteiger partial charge in [0, 0.05) is 25.2 Å². The van der Waals surface area contributed by atoms with E-state index in [9.17, 15) is 19.2 Å². The number of anilines is 1. The maximum atomic E-state index is 13.6. The Morgan fingerprint density at radius 3 is 2.42 bits per heavy atom. The van der Waals surface area contributed by atoms with Crippen molar-refractivity contribution in [2.45, 2.75) is 63.5 Å². The molecule has 2 aromatic rings. The van der Waals surface area contributed by atoms with Gasteiger partial charge in [-0.15, -0.1) is 0 Å². The van der Waals surface area contributed by atoms with Crippen LogP contribution in [0.5, 0.6) is 11.5 Å². The van der Waals surface area contributed by atoms with Gasteiger partial charge in [0.2, 0.25) is 18.5 Å². The van der Waals surface area contributed by atoms with Gasteiger partial charge in [-0.05, 0) is 36.5 Å². The lowest BCUT2D eigenvalue weighted by Crippen LogP contribution is -2.54. The van der Waals surface area contributed by atoms with Crippen LogP contribution in [0.15, 0.2) is 48.5 Å². The first-order valence-corrected chi connectivity index (χ1v) is 13.2. The van der Waals surface area contributed by atoms with Crippen molar-refractivity contribution in [1.29, 1.82) is 0 Å². The number of amides is 3. The molecule has 2 atom stereocenters. The van der Waals surface area contributed by atoms with Gasteiger partial charge >= 0.3 is 6.03 Å². The van der Waals surface area contributed by atoms with Gasteiger partial charge in [0.15, 0.2) is 17.8 Å². The Hall–Kier alpha value is -3.88. The molecule has 9 heteroatoms. The van der Waals surface area contributed by atoms with E-state index in [2.05, 4.69) is 10.6 Å². The highest BCUT2D eigenvalue weighted by Crippen LogP contribution is 2.35. The third-order valence-electron chi connectivity index (χ3n) is 7.31. The molecule has 1 aliphatic carbocycles. The van der Waals surface area contributed by atoms with Crippen LogP contribution in [0, 0.1) is 5.92 Å². The second kappa shape index (κ2) is 13.1. The number of likely N-dealkylation sites (N-methyl/N-ethyl adjacent to an activating group) is 1. The number of carbonyl (C=O) groups excluding carboxylic acids is 4. The van der Waals surface area contributed by atoms with E-state index in [0.717, 1.165) is 24.8 Å². The Morgan fingerprint density at radius 2 is 1.68 bits per heavy atom. The van der Waals surface area contributed by atoms with E-state index in [4.69, 9.17) is 9.47 Å². The predicted molar refractivity (Wildman–Crippen MR) is 142 cm³/mol. The van der Waals surface area contributed by atoms with E-state index >= 15 is 0 Å². The van der Waals surface area contributed by atoms with Gasteiger partial charge in [-0.1, -0.05) is 62.4 Å². The van der Waals surface area contributed by atoms with Crippen molar-refractivity contribution in [3.63, 3.8) is 0 Å². The minimum Gasteiger partial charge on any atom is -0.454 e. The van der Waals surface area contributed by atoms with Crippen LogP contribution >= 0.6 is 0 Å². The highest BCUT2D eigenvalue weighted by atomic mass is 16.7. The summed E-state index contributed by atoms with van der Waals surface area (Å²) in [5, 5.41) is 5.40. The van der Waals surface area contributed by atoms with Crippen LogP contribution in [-0.2, 0) is 20.8 Å². The van der Waals surface area contributed by atoms with Crippen LogP contribution in [0.4, 0.5) is 10.5 Å². The summed E-state index contributed by atoms with van der Waals surface area (Å²) in [6.07, 6.45) is 7.44. The first-order chi connectivity index (χ1) is 18.4. The molecule has 1 fully saturated rings. The standard InChI is InChI=1S/C29H35N3O6/c1-32(22-13-15-26-27(17-22)38-19-37-26)28(35)24(16-21-10-6-3-7-11-21)31-29(36)30-23(25(34)18-33)14-12-20-8-4-2-5-9-20/h3,6-7,10-11,13,15,17-18,20,23-24H,2,4-5,8-9,12,14,16,19H2,1H3,(H2,30,31,36). The highest BCUT2D eigenvalue weighted by molar-refractivity contribution is 6.27. The Morgan fingerprint density at radius 1 is 0.974 bits per heavy atom. The van der Waals surface area contributed by atoms with Gasteiger partial charge in [-0.25, -0.2) is 4.79 Å². The van der Waals surface area contributed by atoms with Gasteiger partial charge in [0.25, 0.3) is 0 Å². The SMILES string of the molecule is CN(C(=O)C(Cc1ccccc1)NC(=O)NC(CCC1CCCCC1)C(=O)C=O)c1ccc2c(c1)OCO2. The number of nitrogens with one attached hydrogen (secondary N) is 2. The van der Waals surface area contributed by atoms with Gasteiger partial charge in [-0.3, -0.25) is 14.4 Å². The highest BCUT2D eigenvalue weighted by Gasteiger charge is 2.29. The minimum atomic E-state index is -0.923. The molecule has 38 heavy (non-hydrogen) atoms. The van der Waals surface area contributed by atoms with Gasteiger partial charge < -0.3 is 25.0 Å². The van der Waals surface area contributed by atoms with E-state index in [1.165, 1.54) is 24.2 Å². The molecule has 2 unspecified atom stereocenters. The summed E-state index contributed by atoms with van der Waals surface area (Å²) in [5.74, 6) is 0.633. The first kappa shape index (κ1) is 27.2. The number of urea groups is 1. The first-order valence-electron chi connectivity index (χ1n) is 13.2. The molecule has 4 rings (SSSR count). The Bertz CT molecular complexity index is 1130. The maximum absolute atomic E-state index is 13.6. The summed E-state index contributed by atoms with van der Waals surface area (Å²) < 4.78 is 10.8. The second-order valence-corrected chi connectivity index (χ2v) is 9.95. The van der Waals surface area contributed by atoms with Crippen LogP contribution in [0.3, 0.4) is 0 Å². The predicted octanol–water partition coefficient (Wildman–Crippen LogP) is 3.79. The monoisotopic (exact) mass is 521 g/mol. The lowest BCUT2D eigenvalue weighted by molar-refractivity contribution is -0.131. The Balaban J connectivity index is 1.45. The number of benzene rings is 2. The Labute approximate surface area is 222 Å². The average Bonchev–Trinajstić information content (AvgIpc) is 3.43. The molecule has 2 aliphatic rings. The lowest BCUT2D eigenvalue weighted by atomic mass is 9.85. The van der Waals surface area contributed by atoms with Crippen LogP contribution < -0.4 is 25.0 Å². The van der Waals surface area contributed by atoms with Gasteiger partial charge in [0.05, 0.1) is 6.04 Å². The summed E-state index contributed by atoms with van der Waals surface area (Å²) in [4.78, 5) is 51.7. The van der Waals surface area contributed by atoms with Gasteiger partial charge in [-0.2, -0.15) is 0 Å². The number of nitrogens with zero attached hydrogens (tertiary/aromatic N) is 1. The fourth-order valence-electron chi connectivity index (χ4n) is 5.11. The van der Waals surface area contributed by atoms with Crippen molar-refractivity contribution < 1.29 is 28.7 Å². The summed E-state index contributed by atoms with van der Waals surface area (Å²) in [6, 6.07) is 12.0. The van der Waals surface area contributed by atoms with Crippen molar-refractivity contribution in [3.05, 3.63) is 54.1 Å². The number of ether oxygens (including phenoxy) is 2. The van der Waals surface area contributed by atoms with E-state index < -0.39 is 23.9 Å². The largest absolute Gasteiger partial charge is 0.454 e. The second-order valence-electron chi connectivity index (χ2n) is 9.95. The maximum Gasteiger partial charge on any atom is 0.316 e. The summed E-state index contributed by atoms with van der Waals surface area (Å²) >= 11 is 0. The van der Waals surface area contributed by atoms with E-state index in [1.807, 2.05) is 30.3 Å². The molecule has 202 valence electrons. The molecular weight excluding hydrogens is 486 g/mol. The number of hydrogen-bond donors (Lipinski definition) is 2. The van der Waals surface area contributed by atoms with Crippen LogP contribution in [0.2, 0.25) is 0 Å². The van der Waals surface area contributed by atoms with Crippen molar-refractivity contribution >= 4 is 29.7 Å². The summed E-state index contributed by atoms with van der Waals surface area (Å²) in [5.41, 5.74) is 1.45. The molecular formula is C29H35N3O6. The molecule has 2 N–H and O–H groups in total. The van der Waals surface area contributed by atoms with Crippen LogP contribution in [0.25, 0.3) is 0 Å². The quantitative estimate of drug-likeness (QED) is 0.344. The zero-order valence-electron chi connectivity index (χ0n) is 21.7. The molecule has 1 aliphatic heterocycles. The molecule has 2 aromatic carbocycles. The normalized spacial score (nSPS) is 16.2. The lowest BCUT2D eigenvalue weighted by Gasteiger charge is -2.27. The zero-order valence-corrected chi connectivity index (χ0v) is 21.7. The number of ketones is 1. The number of Topliss-reactive ketones (excluding diaryl/α,β-unsaturated/α-hetero) is 1. The molecule has 0 spiro atoms. The van der Waals surface area contributed by atoms with E-state index in [1.54, 1.807) is 25.2 Å². The molecule has 0 radical (unpaired) electrons. The van der Waals surface area contributed by atoms with Crippen molar-refractivity contribution in [1.82, 2.24) is 10.6 Å². The Kier molecular flexibility index (Phi) is 9.35. The smallest absolute Gasteiger partial charge is 0.316 e. The number of rotatable bonds is 11. The van der Waals surface area contributed by atoms with Crippen molar-refractivity contribution in [2.24, 2.45) is 5.92 Å². The van der Waals surface area contributed by atoms with E-state index in [-0.39, 0.29) is 25.4 Å². The number of carbonyl (C=O) groups is 4. The van der Waals surface area contributed by atoms with Crippen molar-refractivity contribution in [3.8, 4) is 11.5 Å². The molecule has 0 saturated heterocycles. The fourth-order valence-corrected chi connectivity index (χ4v) is 5.11. The van der Waals surface area contributed by atoms with E-state index in [0.29, 0.717) is 29.5 Å². The topological polar surface area (TPSA) is 114 Å². The molecule has 1 saturated carbocycles. The van der Waals surface area contributed by atoms with Crippen LogP contribution in [-0.4, -0.2) is 49.9 Å². The molecule has 9 nitrogen and oxygen atoms in total. The number of hydrogen-bond acceptors (Lipinski definition) is 6. The minimum absolute atomic E-state index is 0.121. The number of aldehydes is 1. The summed E-state index contributed by atoms with van der Waals surface area (Å²) in [7, 11) is 1.63.